The van der Waals surface area contributed by atoms with Crippen molar-refractivity contribution in [3.05, 3.63) is 0 Å². The van der Waals surface area contributed by atoms with E-state index in [1.165, 1.54) is 25.7 Å². The first-order chi connectivity index (χ1) is 12.7. The first-order valence-electron chi connectivity index (χ1n) is 10.7. The molecule has 6 nitrogen and oxygen atoms in total. The van der Waals surface area contributed by atoms with Crippen molar-refractivity contribution in [1.82, 2.24) is 20.0 Å². The maximum atomic E-state index is 12.6. The van der Waals surface area contributed by atoms with Crippen LogP contribution in [0.4, 0.5) is 0 Å². The Morgan fingerprint density at radius 3 is 2.22 bits per heavy atom. The molecule has 0 spiro atoms. The Kier molecular flexibility index (Phi) is 12.3. The van der Waals surface area contributed by atoms with Gasteiger partial charge in [-0.05, 0) is 33.1 Å². The van der Waals surface area contributed by atoms with Crippen LogP contribution in [0.3, 0.4) is 0 Å². The number of piperazine rings is 1. The summed E-state index contributed by atoms with van der Waals surface area (Å²) >= 11 is 0. The number of carbonyl (C=O) groups is 1. The van der Waals surface area contributed by atoms with E-state index in [-0.39, 0.29) is 30.0 Å². The van der Waals surface area contributed by atoms with Crippen molar-refractivity contribution >= 4 is 35.8 Å². The highest BCUT2D eigenvalue weighted by atomic mass is 127. The number of guanidine groups is 1. The Morgan fingerprint density at radius 2 is 1.63 bits per heavy atom. The molecule has 1 amide bonds. The third-order valence-electron chi connectivity index (χ3n) is 5.54. The predicted octanol–water partition coefficient (Wildman–Crippen LogP) is 2.78. The molecule has 0 radical (unpaired) electrons. The van der Waals surface area contributed by atoms with E-state index < -0.39 is 0 Å². The van der Waals surface area contributed by atoms with Crippen molar-refractivity contribution in [1.29, 1.82) is 0 Å². The lowest BCUT2D eigenvalue weighted by atomic mass is 10.2. The lowest BCUT2D eigenvalue weighted by Gasteiger charge is -2.39. The molecule has 0 aliphatic carbocycles. The molecule has 27 heavy (non-hydrogen) atoms. The SMILES string of the molecule is CCCCCCN=C(NCC)N1CCN(C(C)C(=O)N2CCCC2)CC1.I. The summed E-state index contributed by atoms with van der Waals surface area (Å²) in [4.78, 5) is 24.2. The van der Waals surface area contributed by atoms with Crippen LogP contribution in [0.1, 0.15) is 59.3 Å². The van der Waals surface area contributed by atoms with E-state index in [1.807, 2.05) is 4.90 Å². The summed E-state index contributed by atoms with van der Waals surface area (Å²) in [5.74, 6) is 1.36. The quantitative estimate of drug-likeness (QED) is 0.245. The third-order valence-corrected chi connectivity index (χ3v) is 5.54. The molecule has 0 saturated carbocycles. The van der Waals surface area contributed by atoms with Crippen LogP contribution < -0.4 is 5.32 Å². The summed E-state index contributed by atoms with van der Waals surface area (Å²) in [6.07, 6.45) is 7.32. The molecule has 2 rings (SSSR count). The lowest BCUT2D eigenvalue weighted by Crippen LogP contribution is -2.57. The molecule has 0 aromatic carbocycles. The van der Waals surface area contributed by atoms with Crippen molar-refractivity contribution in [3.8, 4) is 0 Å². The largest absolute Gasteiger partial charge is 0.357 e. The van der Waals surface area contributed by atoms with Gasteiger partial charge in [0.15, 0.2) is 5.96 Å². The Morgan fingerprint density at radius 1 is 0.963 bits per heavy atom. The topological polar surface area (TPSA) is 51.2 Å². The standard InChI is InChI=1S/C20H39N5O.HI/c1-4-6-7-8-11-22-20(21-5-2)25-16-14-23(15-17-25)18(3)19(26)24-12-9-10-13-24;/h18H,4-17H2,1-3H3,(H,21,22);1H. The average Bonchev–Trinajstić information content (AvgIpc) is 3.21. The number of hydrogen-bond acceptors (Lipinski definition) is 3. The van der Waals surface area contributed by atoms with Gasteiger partial charge in [0, 0.05) is 52.4 Å². The summed E-state index contributed by atoms with van der Waals surface area (Å²) in [7, 11) is 0. The Labute approximate surface area is 183 Å². The third kappa shape index (κ3) is 7.75. The second kappa shape index (κ2) is 13.6. The van der Waals surface area contributed by atoms with Gasteiger partial charge < -0.3 is 15.1 Å². The van der Waals surface area contributed by atoms with Crippen molar-refractivity contribution < 1.29 is 4.79 Å². The minimum atomic E-state index is 0. The number of nitrogens with one attached hydrogen (secondary N) is 1. The van der Waals surface area contributed by atoms with Gasteiger partial charge in [0.1, 0.15) is 0 Å². The average molecular weight is 493 g/mol. The molecule has 1 N–H and O–H groups in total. The highest BCUT2D eigenvalue weighted by molar-refractivity contribution is 14.0. The first-order valence-corrected chi connectivity index (χ1v) is 10.7. The molecule has 0 bridgehead atoms. The van der Waals surface area contributed by atoms with Gasteiger partial charge >= 0.3 is 0 Å². The summed E-state index contributed by atoms with van der Waals surface area (Å²) in [6.45, 7) is 13.9. The van der Waals surface area contributed by atoms with Crippen molar-refractivity contribution in [2.24, 2.45) is 4.99 Å². The molecule has 1 atom stereocenters. The van der Waals surface area contributed by atoms with Crippen molar-refractivity contribution in [3.63, 3.8) is 0 Å². The minimum Gasteiger partial charge on any atom is -0.357 e. The zero-order valence-electron chi connectivity index (χ0n) is 17.6. The maximum absolute atomic E-state index is 12.6. The first kappa shape index (κ1) is 24.5. The second-order valence-electron chi connectivity index (χ2n) is 7.53. The molecule has 2 saturated heterocycles. The number of carbonyl (C=O) groups excluding carboxylic acids is 1. The van der Waals surface area contributed by atoms with Crippen molar-refractivity contribution in [2.45, 2.75) is 65.3 Å². The van der Waals surface area contributed by atoms with E-state index >= 15 is 0 Å². The van der Waals surface area contributed by atoms with Crippen LogP contribution in [-0.4, -0.2) is 85.0 Å². The Balaban J connectivity index is 0.00000364. The van der Waals surface area contributed by atoms with Crippen LogP contribution >= 0.6 is 24.0 Å². The number of likely N-dealkylation sites (tertiary alicyclic amines) is 1. The molecule has 158 valence electrons. The zero-order chi connectivity index (χ0) is 18.8. The zero-order valence-corrected chi connectivity index (χ0v) is 19.9. The number of hydrogen-bond donors (Lipinski definition) is 1. The molecule has 7 heteroatoms. The van der Waals surface area contributed by atoms with Crippen LogP contribution in [0.25, 0.3) is 0 Å². The summed E-state index contributed by atoms with van der Waals surface area (Å²) in [5.41, 5.74) is 0. The molecule has 0 aromatic heterocycles. The van der Waals surface area contributed by atoms with Crippen LogP contribution in [0.2, 0.25) is 0 Å². The Hall–Kier alpha value is -0.570. The van der Waals surface area contributed by atoms with Gasteiger partial charge in [0.2, 0.25) is 5.91 Å². The Bertz CT molecular complexity index is 446. The fraction of sp³-hybridized carbons (Fsp3) is 0.900. The normalized spacial score (nSPS) is 19.7. The van der Waals surface area contributed by atoms with Crippen LogP contribution in [0.15, 0.2) is 4.99 Å². The van der Waals surface area contributed by atoms with E-state index in [0.29, 0.717) is 5.91 Å². The van der Waals surface area contributed by atoms with Gasteiger partial charge in [-0.15, -0.1) is 24.0 Å². The molecule has 2 fully saturated rings. The van der Waals surface area contributed by atoms with Gasteiger partial charge in [0.25, 0.3) is 0 Å². The number of unbranched alkanes of at least 4 members (excludes halogenated alkanes) is 3. The minimum absolute atomic E-state index is 0. The van der Waals surface area contributed by atoms with Gasteiger partial charge in [-0.3, -0.25) is 14.7 Å². The molecule has 0 aromatic rings. The van der Waals surface area contributed by atoms with Crippen LogP contribution in [0, 0.1) is 0 Å². The smallest absolute Gasteiger partial charge is 0.239 e. The number of halogens is 1. The number of aliphatic imine (C=N–C) groups is 1. The van der Waals surface area contributed by atoms with Crippen LogP contribution in [0.5, 0.6) is 0 Å². The van der Waals surface area contributed by atoms with E-state index in [2.05, 4.69) is 35.9 Å². The molecule has 2 heterocycles. The molecule has 2 aliphatic heterocycles. The van der Waals surface area contributed by atoms with E-state index in [4.69, 9.17) is 4.99 Å². The highest BCUT2D eigenvalue weighted by Crippen LogP contribution is 2.14. The fourth-order valence-corrected chi connectivity index (χ4v) is 3.83. The monoisotopic (exact) mass is 493 g/mol. The number of nitrogens with zero attached hydrogens (tertiary/aromatic N) is 4. The fourth-order valence-electron chi connectivity index (χ4n) is 3.83. The maximum Gasteiger partial charge on any atom is 0.239 e. The predicted molar refractivity (Wildman–Crippen MR) is 124 cm³/mol. The van der Waals surface area contributed by atoms with Gasteiger partial charge in [-0.25, -0.2) is 0 Å². The number of rotatable bonds is 8. The second-order valence-corrected chi connectivity index (χ2v) is 7.53. The van der Waals surface area contributed by atoms with Gasteiger partial charge in [0.05, 0.1) is 6.04 Å². The summed E-state index contributed by atoms with van der Waals surface area (Å²) in [5, 5.41) is 3.44. The van der Waals surface area contributed by atoms with E-state index in [0.717, 1.165) is 71.2 Å². The van der Waals surface area contributed by atoms with Gasteiger partial charge in [-0.1, -0.05) is 26.2 Å². The molecule has 1 unspecified atom stereocenters. The lowest BCUT2D eigenvalue weighted by molar-refractivity contribution is -0.135. The summed E-state index contributed by atoms with van der Waals surface area (Å²) < 4.78 is 0. The molecular formula is C20H40IN5O. The van der Waals surface area contributed by atoms with Crippen LogP contribution in [-0.2, 0) is 4.79 Å². The van der Waals surface area contributed by atoms with E-state index in [9.17, 15) is 4.79 Å². The number of amides is 1. The summed E-state index contributed by atoms with van der Waals surface area (Å²) in [6, 6.07) is 0.00353. The highest BCUT2D eigenvalue weighted by Gasteiger charge is 2.30. The molecular weight excluding hydrogens is 453 g/mol. The van der Waals surface area contributed by atoms with Crippen molar-refractivity contribution in [2.75, 3.05) is 52.4 Å². The van der Waals surface area contributed by atoms with E-state index in [1.54, 1.807) is 0 Å². The van der Waals surface area contributed by atoms with Gasteiger partial charge in [-0.2, -0.15) is 0 Å². The molecule has 2 aliphatic rings.